The van der Waals surface area contributed by atoms with E-state index in [-0.39, 0.29) is 17.1 Å². The smallest absolute Gasteiger partial charge is 0.377 e. The van der Waals surface area contributed by atoms with Crippen LogP contribution in [-0.2, 0) is 24.2 Å². The fourth-order valence-electron chi connectivity index (χ4n) is 3.45. The number of tetrazole rings is 1. The van der Waals surface area contributed by atoms with Gasteiger partial charge < -0.3 is 5.11 Å². The first-order chi connectivity index (χ1) is 16.0. The molecule has 2 heterocycles. The van der Waals surface area contributed by atoms with Gasteiger partial charge in [-0.25, -0.2) is 14.1 Å². The molecule has 0 aliphatic heterocycles. The van der Waals surface area contributed by atoms with Crippen LogP contribution in [0.15, 0.2) is 54.9 Å². The molecule has 0 fully saturated rings. The van der Waals surface area contributed by atoms with Crippen LogP contribution < -0.4 is 0 Å². The van der Waals surface area contributed by atoms with Gasteiger partial charge in [0.2, 0.25) is 0 Å². The maximum absolute atomic E-state index is 15.8. The van der Waals surface area contributed by atoms with Crippen molar-refractivity contribution in [2.75, 3.05) is 0 Å². The van der Waals surface area contributed by atoms with Gasteiger partial charge in [0.15, 0.2) is 5.60 Å². The van der Waals surface area contributed by atoms with Crippen molar-refractivity contribution in [3.05, 3.63) is 83.1 Å². The van der Waals surface area contributed by atoms with E-state index in [1.807, 2.05) is 6.07 Å². The molecule has 4 aromatic rings. The van der Waals surface area contributed by atoms with Crippen molar-refractivity contribution >= 4 is 10.9 Å². The van der Waals surface area contributed by atoms with Crippen LogP contribution in [0.3, 0.4) is 0 Å². The second-order valence-corrected chi connectivity index (χ2v) is 7.35. The van der Waals surface area contributed by atoms with Gasteiger partial charge in [0.1, 0.15) is 17.8 Å². The minimum Gasteiger partial charge on any atom is -0.377 e. The molecule has 174 valence electrons. The molecule has 0 bridgehead atoms. The molecule has 0 radical (unpaired) electrons. The second kappa shape index (κ2) is 8.07. The van der Waals surface area contributed by atoms with Crippen LogP contribution in [0, 0.1) is 17.1 Å². The van der Waals surface area contributed by atoms with E-state index in [4.69, 9.17) is 5.26 Å². The monoisotopic (exact) mass is 478 g/mol. The van der Waals surface area contributed by atoms with Crippen LogP contribution >= 0.6 is 0 Å². The molecular weight excluding hydrogens is 466 g/mol. The lowest BCUT2D eigenvalue weighted by atomic mass is 9.84. The van der Waals surface area contributed by atoms with Gasteiger partial charge in [0.25, 0.3) is 0 Å². The number of halogens is 6. The Hall–Kier alpha value is -4.05. The van der Waals surface area contributed by atoms with E-state index in [1.165, 1.54) is 24.3 Å². The third-order valence-corrected chi connectivity index (χ3v) is 5.18. The minimum absolute atomic E-state index is 0.0210. The lowest BCUT2D eigenvalue weighted by Crippen LogP contribution is -2.48. The number of benzene rings is 2. The molecule has 0 aliphatic rings. The van der Waals surface area contributed by atoms with Gasteiger partial charge in [-0.1, -0.05) is 12.1 Å². The van der Waals surface area contributed by atoms with Crippen molar-refractivity contribution in [2.24, 2.45) is 0 Å². The van der Waals surface area contributed by atoms with Crippen molar-refractivity contribution in [2.45, 2.75) is 24.2 Å². The zero-order valence-electron chi connectivity index (χ0n) is 16.8. The molecule has 2 aromatic heterocycles. The van der Waals surface area contributed by atoms with Crippen LogP contribution in [0.4, 0.5) is 26.3 Å². The number of fused-ring (bicyclic) bond motifs is 1. The maximum atomic E-state index is 15.8. The van der Waals surface area contributed by atoms with Crippen molar-refractivity contribution in [1.82, 2.24) is 25.2 Å². The van der Waals surface area contributed by atoms with Crippen molar-refractivity contribution < 1.29 is 31.4 Å². The third-order valence-electron chi connectivity index (χ3n) is 5.18. The Balaban J connectivity index is 1.88. The number of aliphatic hydroxyl groups is 1. The Bertz CT molecular complexity index is 1400. The van der Waals surface area contributed by atoms with Crippen LogP contribution in [0.2, 0.25) is 0 Å². The molecule has 0 amide bonds. The topological polar surface area (TPSA) is 101 Å². The largest absolute Gasteiger partial charge is 0.416 e. The molecule has 13 heteroatoms. The van der Waals surface area contributed by atoms with E-state index in [9.17, 15) is 22.7 Å². The number of rotatable bonds is 5. The molecule has 0 aliphatic carbocycles. The number of nitriles is 1. The van der Waals surface area contributed by atoms with Crippen LogP contribution in [0.1, 0.15) is 22.4 Å². The average molecular weight is 478 g/mol. The molecule has 2 aromatic carbocycles. The normalized spacial score (nSPS) is 14.1. The van der Waals surface area contributed by atoms with Crippen molar-refractivity contribution in [3.8, 4) is 6.07 Å². The minimum atomic E-state index is -4.93. The Morgan fingerprint density at radius 3 is 2.38 bits per heavy atom. The van der Waals surface area contributed by atoms with E-state index in [0.29, 0.717) is 22.2 Å². The second-order valence-electron chi connectivity index (χ2n) is 7.35. The zero-order valence-corrected chi connectivity index (χ0v) is 16.8. The highest BCUT2D eigenvalue weighted by Crippen LogP contribution is 2.47. The quantitative estimate of drug-likeness (QED) is 0.437. The molecule has 0 saturated carbocycles. The summed E-state index contributed by atoms with van der Waals surface area (Å²) in [7, 11) is 0. The van der Waals surface area contributed by atoms with Crippen LogP contribution in [0.5, 0.6) is 0 Å². The van der Waals surface area contributed by atoms with Crippen LogP contribution in [0.25, 0.3) is 10.9 Å². The Morgan fingerprint density at radius 2 is 1.76 bits per heavy atom. The summed E-state index contributed by atoms with van der Waals surface area (Å²) in [5.74, 6) is -6.04. The lowest BCUT2D eigenvalue weighted by molar-refractivity contribution is -0.207. The first-order valence-electron chi connectivity index (χ1n) is 9.45. The van der Waals surface area contributed by atoms with E-state index >= 15 is 8.78 Å². The summed E-state index contributed by atoms with van der Waals surface area (Å²) in [6, 6.07) is 8.91. The molecule has 34 heavy (non-hydrogen) atoms. The predicted molar refractivity (Wildman–Crippen MR) is 103 cm³/mol. The van der Waals surface area contributed by atoms with Gasteiger partial charge in [-0.2, -0.15) is 27.2 Å². The van der Waals surface area contributed by atoms with Gasteiger partial charge in [-0.15, -0.1) is 5.10 Å². The summed E-state index contributed by atoms with van der Waals surface area (Å²) in [5.41, 5.74) is -6.64. The number of alkyl halides is 5. The van der Waals surface area contributed by atoms with E-state index < -0.39 is 46.9 Å². The first-order valence-corrected chi connectivity index (χ1v) is 9.45. The summed E-state index contributed by atoms with van der Waals surface area (Å²) in [4.78, 5) is 3.85. The van der Waals surface area contributed by atoms with Crippen LogP contribution in [-0.4, -0.2) is 30.3 Å². The Labute approximate surface area is 186 Å². The van der Waals surface area contributed by atoms with Gasteiger partial charge in [-0.05, 0) is 46.8 Å². The van der Waals surface area contributed by atoms with E-state index in [1.54, 1.807) is 0 Å². The first kappa shape index (κ1) is 23.1. The highest BCUT2D eigenvalue weighted by Gasteiger charge is 2.58. The molecule has 7 nitrogen and oxygen atoms in total. The fourth-order valence-corrected chi connectivity index (χ4v) is 3.45. The highest BCUT2D eigenvalue weighted by atomic mass is 19.4. The molecule has 1 N–H and O–H groups in total. The fraction of sp³-hybridized carbons (Fsp3) is 0.190. The standard InChI is InChI=1S/C21H12F6N6O/c22-16-8-14(21(25,26)27)3-4-15(16)19(34,10-33-11-29-31-32-33)20(23,24)18-6-2-13-7-12(9-28)1-5-17(13)30-18/h1-8,11,34H,10H2. The summed E-state index contributed by atoms with van der Waals surface area (Å²) in [5, 5.41) is 30.5. The predicted octanol–water partition coefficient (Wildman–Crippen LogP) is 3.93. The zero-order chi connectivity index (χ0) is 24.7. The summed E-state index contributed by atoms with van der Waals surface area (Å²) < 4.78 is 86.0. The Morgan fingerprint density at radius 1 is 1.00 bits per heavy atom. The molecule has 1 unspecified atom stereocenters. The molecule has 0 saturated heterocycles. The lowest BCUT2D eigenvalue weighted by Gasteiger charge is -2.36. The number of aromatic nitrogens is 5. The van der Waals surface area contributed by atoms with Gasteiger partial charge in [-0.3, -0.25) is 0 Å². The Kier molecular flexibility index (Phi) is 5.49. The summed E-state index contributed by atoms with van der Waals surface area (Å²) in [6.07, 6.45) is -4.06. The number of hydrogen-bond donors (Lipinski definition) is 1. The molecule has 1 atom stereocenters. The van der Waals surface area contributed by atoms with Gasteiger partial charge in [0.05, 0.1) is 29.3 Å². The molecular formula is C21H12F6N6O. The number of nitrogens with zero attached hydrogens (tertiary/aromatic N) is 6. The maximum Gasteiger partial charge on any atom is 0.416 e. The molecule has 4 rings (SSSR count). The third kappa shape index (κ3) is 3.92. The summed E-state index contributed by atoms with van der Waals surface area (Å²) in [6.45, 7) is -1.11. The van der Waals surface area contributed by atoms with Crippen molar-refractivity contribution in [1.29, 1.82) is 5.26 Å². The SMILES string of the molecule is N#Cc1ccc2nc(C(F)(F)C(O)(Cn3cnnn3)c3ccc(C(F)(F)F)cc3F)ccc2c1. The van der Waals surface area contributed by atoms with E-state index in [0.717, 1.165) is 12.4 Å². The molecule has 0 spiro atoms. The summed E-state index contributed by atoms with van der Waals surface area (Å²) >= 11 is 0. The van der Waals surface area contributed by atoms with Gasteiger partial charge >= 0.3 is 12.1 Å². The number of pyridine rings is 1. The van der Waals surface area contributed by atoms with Gasteiger partial charge in [0, 0.05) is 10.9 Å². The van der Waals surface area contributed by atoms with E-state index in [2.05, 4.69) is 20.5 Å². The number of hydrogen-bond acceptors (Lipinski definition) is 6. The highest BCUT2D eigenvalue weighted by molar-refractivity contribution is 5.80. The average Bonchev–Trinajstić information content (AvgIpc) is 3.30. The van der Waals surface area contributed by atoms with Crippen molar-refractivity contribution in [3.63, 3.8) is 0 Å².